The van der Waals surface area contributed by atoms with Crippen LogP contribution in [0.25, 0.3) is 0 Å². The highest BCUT2D eigenvalue weighted by Crippen LogP contribution is 2.03. The molecule has 0 spiro atoms. The van der Waals surface area contributed by atoms with Gasteiger partial charge in [0.25, 0.3) is 0 Å². The maximum absolute atomic E-state index is 5.34. The second-order valence-corrected chi connectivity index (χ2v) is 5.08. The number of aromatic amines is 2. The summed E-state index contributed by atoms with van der Waals surface area (Å²) >= 11 is 0. The standard InChI is InChI=1S/C8H18.2C5H6N2.2BrH/c1-3-5-7-8-6-4-2;2*6-5-1-3-7-4-2-5;;/h3-8H2,1-2H3;2*1-4H,(H2,6,7);2*1H. The average Bonchev–Trinajstić information content (AvgIpc) is 2.54. The lowest BCUT2D eigenvalue weighted by Gasteiger charge is -1.93. The predicted molar refractivity (Wildman–Crippen MR) is 93.9 cm³/mol. The van der Waals surface area contributed by atoms with E-state index in [-0.39, 0.29) is 34.0 Å². The van der Waals surface area contributed by atoms with Crippen LogP contribution in [0.15, 0.2) is 49.1 Å². The van der Waals surface area contributed by atoms with Crippen LogP contribution in [0.2, 0.25) is 0 Å². The molecule has 0 amide bonds. The summed E-state index contributed by atoms with van der Waals surface area (Å²) in [6.45, 7) is 4.51. The number of unbranched alkanes of at least 4 members (excludes halogenated alkanes) is 5. The van der Waals surface area contributed by atoms with E-state index in [0.717, 1.165) is 11.4 Å². The van der Waals surface area contributed by atoms with Crippen LogP contribution >= 0.6 is 0 Å². The highest BCUT2D eigenvalue weighted by atomic mass is 79.9. The molecule has 0 aliphatic heterocycles. The molecule has 138 valence electrons. The van der Waals surface area contributed by atoms with E-state index in [1.165, 1.54) is 38.5 Å². The summed E-state index contributed by atoms with van der Waals surface area (Å²) < 4.78 is 0. The van der Waals surface area contributed by atoms with E-state index < -0.39 is 0 Å². The van der Waals surface area contributed by atoms with Crippen LogP contribution < -0.4 is 55.4 Å². The van der Waals surface area contributed by atoms with Crippen LogP contribution in [-0.2, 0) is 0 Å². The molecule has 0 aliphatic carbocycles. The molecule has 0 radical (unpaired) electrons. The van der Waals surface area contributed by atoms with Crippen molar-refractivity contribution in [1.29, 1.82) is 0 Å². The van der Waals surface area contributed by atoms with E-state index in [1.54, 1.807) is 49.1 Å². The Kier molecular flexibility index (Phi) is 25.2. The summed E-state index contributed by atoms with van der Waals surface area (Å²) in [4.78, 5) is 5.71. The van der Waals surface area contributed by atoms with E-state index >= 15 is 0 Å². The molecule has 2 aromatic heterocycles. The fraction of sp³-hybridized carbons (Fsp3) is 0.444. The molecule has 0 fully saturated rings. The third kappa shape index (κ3) is 20.9. The fourth-order valence-corrected chi connectivity index (χ4v) is 1.65. The molecule has 0 aliphatic rings. The molecular formula is C18H32Br2N4. The van der Waals surface area contributed by atoms with Crippen LogP contribution in [0.4, 0.5) is 11.4 Å². The summed E-state index contributed by atoms with van der Waals surface area (Å²) in [6, 6.07) is 7.22. The van der Waals surface area contributed by atoms with Gasteiger partial charge in [0, 0.05) is 35.6 Å². The zero-order valence-electron chi connectivity index (χ0n) is 14.8. The van der Waals surface area contributed by atoms with E-state index in [2.05, 4.69) is 23.8 Å². The van der Waals surface area contributed by atoms with Gasteiger partial charge in [0.2, 0.25) is 0 Å². The molecule has 2 aromatic rings. The summed E-state index contributed by atoms with van der Waals surface area (Å²) in [5, 5.41) is 0. The first-order valence-electron chi connectivity index (χ1n) is 8.13. The number of H-pyrrole nitrogens is 2. The largest absolute Gasteiger partial charge is 1.00 e. The van der Waals surface area contributed by atoms with Crippen molar-refractivity contribution >= 4 is 11.4 Å². The molecule has 2 heterocycles. The number of halogens is 2. The van der Waals surface area contributed by atoms with Crippen LogP contribution in [-0.4, -0.2) is 0 Å². The Labute approximate surface area is 168 Å². The SMILES string of the molecule is CCCCCCCC.Nc1cc[nH+]cc1.Nc1cc[nH+]cc1.[Br-].[Br-]. The lowest BCUT2D eigenvalue weighted by Crippen LogP contribution is -3.00. The van der Waals surface area contributed by atoms with Gasteiger partial charge in [0.15, 0.2) is 24.8 Å². The van der Waals surface area contributed by atoms with Gasteiger partial charge in [-0.1, -0.05) is 52.4 Å². The molecule has 6 heteroatoms. The average molecular weight is 464 g/mol. The Morgan fingerprint density at radius 2 is 0.917 bits per heavy atom. The highest BCUT2D eigenvalue weighted by Gasteiger charge is 1.83. The molecule has 0 saturated carbocycles. The minimum atomic E-state index is 0. The minimum absolute atomic E-state index is 0. The zero-order valence-corrected chi connectivity index (χ0v) is 17.9. The first kappa shape index (κ1) is 27.7. The van der Waals surface area contributed by atoms with Crippen LogP contribution in [0.1, 0.15) is 52.4 Å². The van der Waals surface area contributed by atoms with E-state index in [1.807, 2.05) is 0 Å². The summed E-state index contributed by atoms with van der Waals surface area (Å²) in [6.07, 6.45) is 15.6. The quantitative estimate of drug-likeness (QED) is 0.482. The smallest absolute Gasteiger partial charge is 0.169 e. The highest BCUT2D eigenvalue weighted by molar-refractivity contribution is 5.32. The van der Waals surface area contributed by atoms with E-state index in [9.17, 15) is 0 Å². The molecule has 0 saturated heterocycles. The van der Waals surface area contributed by atoms with Crippen molar-refractivity contribution in [3.05, 3.63) is 49.1 Å². The molecule has 2 rings (SSSR count). The third-order valence-corrected chi connectivity index (χ3v) is 2.95. The van der Waals surface area contributed by atoms with Crippen LogP contribution in [0, 0.1) is 0 Å². The Hall–Kier alpha value is -1.14. The van der Waals surface area contributed by atoms with Crippen molar-refractivity contribution in [2.75, 3.05) is 11.5 Å². The molecule has 0 bridgehead atoms. The number of rotatable bonds is 5. The molecular weight excluding hydrogens is 432 g/mol. The maximum Gasteiger partial charge on any atom is 0.169 e. The number of nitrogens with two attached hydrogens (primary N) is 2. The number of nitrogen functional groups attached to an aromatic ring is 2. The van der Waals surface area contributed by atoms with E-state index in [0.29, 0.717) is 0 Å². The van der Waals surface area contributed by atoms with Gasteiger partial charge in [-0.2, -0.15) is 0 Å². The van der Waals surface area contributed by atoms with Crippen LogP contribution in [0.3, 0.4) is 0 Å². The zero-order chi connectivity index (χ0) is 16.5. The fourth-order valence-electron chi connectivity index (χ4n) is 1.65. The van der Waals surface area contributed by atoms with Crippen molar-refractivity contribution in [1.82, 2.24) is 0 Å². The number of anilines is 2. The van der Waals surface area contributed by atoms with Gasteiger partial charge in [0.05, 0.1) is 0 Å². The second kappa shape index (κ2) is 21.9. The van der Waals surface area contributed by atoms with Gasteiger partial charge in [-0.25, -0.2) is 9.97 Å². The monoisotopic (exact) mass is 462 g/mol. The second-order valence-electron chi connectivity index (χ2n) is 5.08. The Bertz CT molecular complexity index is 398. The van der Waals surface area contributed by atoms with Crippen molar-refractivity contribution in [3.63, 3.8) is 0 Å². The van der Waals surface area contributed by atoms with Gasteiger partial charge in [0.1, 0.15) is 0 Å². The number of aromatic nitrogens is 2. The van der Waals surface area contributed by atoms with Crippen LogP contribution in [0.5, 0.6) is 0 Å². The number of hydrogen-bond donors (Lipinski definition) is 2. The summed E-state index contributed by atoms with van der Waals surface area (Å²) in [7, 11) is 0. The van der Waals surface area contributed by atoms with Gasteiger partial charge < -0.3 is 45.4 Å². The molecule has 0 aromatic carbocycles. The third-order valence-electron chi connectivity index (χ3n) is 2.95. The van der Waals surface area contributed by atoms with Crippen molar-refractivity contribution in [2.24, 2.45) is 0 Å². The van der Waals surface area contributed by atoms with Crippen molar-refractivity contribution in [3.8, 4) is 0 Å². The number of hydrogen-bond acceptors (Lipinski definition) is 2. The normalized spacial score (nSPS) is 8.25. The van der Waals surface area contributed by atoms with Crippen molar-refractivity contribution < 1.29 is 43.9 Å². The molecule has 4 nitrogen and oxygen atoms in total. The first-order valence-corrected chi connectivity index (χ1v) is 8.13. The maximum atomic E-state index is 5.34. The summed E-state index contributed by atoms with van der Waals surface area (Å²) in [5.41, 5.74) is 12.3. The van der Waals surface area contributed by atoms with Gasteiger partial charge in [-0.3, -0.25) is 0 Å². The minimum Gasteiger partial charge on any atom is -1.00 e. The Morgan fingerprint density at radius 3 is 1.08 bits per heavy atom. The predicted octanol–water partition coefficient (Wildman–Crippen LogP) is -2.46. The topological polar surface area (TPSA) is 80.3 Å². The molecule has 0 unspecified atom stereocenters. The first-order chi connectivity index (χ1) is 10.7. The Balaban J connectivity index is -0.000000265. The molecule has 24 heavy (non-hydrogen) atoms. The summed E-state index contributed by atoms with van der Waals surface area (Å²) in [5.74, 6) is 0. The van der Waals surface area contributed by atoms with E-state index in [4.69, 9.17) is 11.5 Å². The Morgan fingerprint density at radius 1 is 0.625 bits per heavy atom. The number of pyridine rings is 2. The number of nitrogens with one attached hydrogen (secondary N) is 2. The van der Waals surface area contributed by atoms with Crippen molar-refractivity contribution in [2.45, 2.75) is 52.4 Å². The molecule has 6 N–H and O–H groups in total. The molecule has 0 atom stereocenters. The van der Waals surface area contributed by atoms with Gasteiger partial charge in [-0.15, -0.1) is 0 Å². The van der Waals surface area contributed by atoms with Gasteiger partial charge >= 0.3 is 0 Å². The lowest BCUT2D eigenvalue weighted by molar-refractivity contribution is -0.378. The lowest BCUT2D eigenvalue weighted by atomic mass is 10.1. The van der Waals surface area contributed by atoms with Gasteiger partial charge in [-0.05, 0) is 0 Å².